The molecule has 0 spiro atoms. The number of amides is 1. The van der Waals surface area contributed by atoms with Crippen molar-refractivity contribution in [1.29, 1.82) is 0 Å². The molecule has 0 bridgehead atoms. The van der Waals surface area contributed by atoms with E-state index in [1.807, 2.05) is 80.1 Å². The molecule has 140 valence electrons. The third-order valence-electron chi connectivity index (χ3n) is 4.22. The quantitative estimate of drug-likeness (QED) is 0.564. The first-order valence-corrected chi connectivity index (χ1v) is 9.95. The van der Waals surface area contributed by atoms with E-state index in [-0.39, 0.29) is 11.2 Å². The summed E-state index contributed by atoms with van der Waals surface area (Å²) in [6.07, 6.45) is 0. The molecule has 0 saturated carbocycles. The van der Waals surface area contributed by atoms with Gasteiger partial charge in [-0.25, -0.2) is 0 Å². The van der Waals surface area contributed by atoms with Crippen molar-refractivity contribution in [3.05, 3.63) is 59.6 Å². The van der Waals surface area contributed by atoms with Gasteiger partial charge in [0.15, 0.2) is 11.0 Å². The molecule has 2 aromatic carbocycles. The summed E-state index contributed by atoms with van der Waals surface area (Å²) in [5.41, 5.74) is 1.83. The van der Waals surface area contributed by atoms with Crippen LogP contribution in [0.1, 0.15) is 13.8 Å². The molecule has 1 aromatic heterocycles. The van der Waals surface area contributed by atoms with E-state index in [2.05, 4.69) is 10.2 Å². The maximum Gasteiger partial charge on any atom is 0.240 e. The fourth-order valence-corrected chi connectivity index (χ4v) is 3.77. The van der Waals surface area contributed by atoms with Crippen molar-refractivity contribution in [1.82, 2.24) is 14.8 Å². The predicted molar refractivity (Wildman–Crippen MR) is 111 cm³/mol. The van der Waals surface area contributed by atoms with Gasteiger partial charge in [-0.3, -0.25) is 4.79 Å². The Bertz CT molecular complexity index is 911. The maximum absolute atomic E-state index is 12.9. The van der Waals surface area contributed by atoms with Gasteiger partial charge in [0.05, 0.1) is 5.25 Å². The molecular formula is C20H21ClN4OS. The summed E-state index contributed by atoms with van der Waals surface area (Å²) in [6.45, 7) is 4.49. The summed E-state index contributed by atoms with van der Waals surface area (Å²) < 4.78 is 1.90. The number of hydrogen-bond donors (Lipinski definition) is 0. The third kappa shape index (κ3) is 4.34. The van der Waals surface area contributed by atoms with Crippen molar-refractivity contribution in [2.24, 2.45) is 7.05 Å². The van der Waals surface area contributed by atoms with Gasteiger partial charge >= 0.3 is 0 Å². The Morgan fingerprint density at radius 2 is 1.81 bits per heavy atom. The Hall–Kier alpha value is -2.31. The Morgan fingerprint density at radius 3 is 2.44 bits per heavy atom. The molecule has 1 atom stereocenters. The highest BCUT2D eigenvalue weighted by Gasteiger charge is 2.24. The van der Waals surface area contributed by atoms with Crippen LogP contribution < -0.4 is 4.90 Å². The van der Waals surface area contributed by atoms with Gasteiger partial charge in [-0.1, -0.05) is 41.6 Å². The normalized spacial score (nSPS) is 12.0. The van der Waals surface area contributed by atoms with Crippen LogP contribution in [0, 0.1) is 0 Å². The van der Waals surface area contributed by atoms with Gasteiger partial charge < -0.3 is 9.47 Å². The first kappa shape index (κ1) is 19.5. The molecule has 7 heteroatoms. The number of aromatic nitrogens is 3. The Morgan fingerprint density at radius 1 is 1.15 bits per heavy atom. The van der Waals surface area contributed by atoms with Crippen LogP contribution in [-0.4, -0.2) is 32.5 Å². The minimum Gasteiger partial charge on any atom is -0.312 e. The molecule has 1 unspecified atom stereocenters. The van der Waals surface area contributed by atoms with Gasteiger partial charge in [-0.2, -0.15) is 0 Å². The van der Waals surface area contributed by atoms with Crippen LogP contribution in [0.5, 0.6) is 0 Å². The zero-order valence-electron chi connectivity index (χ0n) is 15.5. The van der Waals surface area contributed by atoms with Crippen LogP contribution in [0.25, 0.3) is 11.4 Å². The molecule has 0 fully saturated rings. The van der Waals surface area contributed by atoms with Crippen LogP contribution in [0.3, 0.4) is 0 Å². The largest absolute Gasteiger partial charge is 0.312 e. The number of hydrogen-bond acceptors (Lipinski definition) is 4. The fourth-order valence-electron chi connectivity index (χ4n) is 2.77. The molecule has 0 aliphatic carbocycles. The van der Waals surface area contributed by atoms with Crippen molar-refractivity contribution in [2.75, 3.05) is 11.4 Å². The van der Waals surface area contributed by atoms with E-state index in [9.17, 15) is 4.79 Å². The van der Waals surface area contributed by atoms with Crippen molar-refractivity contribution in [2.45, 2.75) is 24.3 Å². The smallest absolute Gasteiger partial charge is 0.240 e. The fraction of sp³-hybridized carbons (Fsp3) is 0.250. The number of halogens is 1. The van der Waals surface area contributed by atoms with E-state index in [1.54, 1.807) is 4.90 Å². The average molecular weight is 401 g/mol. The zero-order chi connectivity index (χ0) is 19.4. The lowest BCUT2D eigenvalue weighted by Crippen LogP contribution is -2.36. The number of thioether (sulfide) groups is 1. The minimum atomic E-state index is -0.286. The average Bonchev–Trinajstić information content (AvgIpc) is 3.04. The molecule has 0 aliphatic rings. The number of nitrogens with zero attached hydrogens (tertiary/aromatic N) is 4. The monoisotopic (exact) mass is 400 g/mol. The van der Waals surface area contributed by atoms with Crippen LogP contribution in [0.4, 0.5) is 5.69 Å². The van der Waals surface area contributed by atoms with Crippen LogP contribution in [0.2, 0.25) is 5.02 Å². The number of anilines is 1. The third-order valence-corrected chi connectivity index (χ3v) is 5.59. The zero-order valence-corrected chi connectivity index (χ0v) is 17.0. The van der Waals surface area contributed by atoms with Gasteiger partial charge in [-0.15, -0.1) is 10.2 Å². The first-order valence-electron chi connectivity index (χ1n) is 8.69. The lowest BCUT2D eigenvalue weighted by Gasteiger charge is -2.24. The van der Waals surface area contributed by atoms with Crippen LogP contribution in [0.15, 0.2) is 59.8 Å². The van der Waals surface area contributed by atoms with Crippen molar-refractivity contribution < 1.29 is 4.79 Å². The van der Waals surface area contributed by atoms with E-state index >= 15 is 0 Å². The molecule has 5 nitrogen and oxygen atoms in total. The summed E-state index contributed by atoms with van der Waals surface area (Å²) in [4.78, 5) is 14.7. The van der Waals surface area contributed by atoms with Crippen LogP contribution in [-0.2, 0) is 11.8 Å². The predicted octanol–water partition coefficient (Wildman–Crippen LogP) is 4.67. The highest BCUT2D eigenvalue weighted by Crippen LogP contribution is 2.28. The number of benzene rings is 2. The second-order valence-electron chi connectivity index (χ2n) is 6.05. The van der Waals surface area contributed by atoms with Gasteiger partial charge in [0, 0.05) is 29.9 Å². The molecule has 0 aliphatic heterocycles. The second kappa shape index (κ2) is 8.59. The number of rotatable bonds is 6. The number of carbonyl (C=O) groups is 1. The summed E-state index contributed by atoms with van der Waals surface area (Å²) in [5.74, 6) is 0.786. The molecule has 0 radical (unpaired) electrons. The Kier molecular flexibility index (Phi) is 6.19. The molecular weight excluding hydrogens is 380 g/mol. The maximum atomic E-state index is 12.9. The Balaban J connectivity index is 1.77. The molecule has 1 amide bonds. The molecule has 0 saturated heterocycles. The lowest BCUT2D eigenvalue weighted by atomic mass is 10.2. The Labute approximate surface area is 168 Å². The molecule has 27 heavy (non-hydrogen) atoms. The van der Waals surface area contributed by atoms with Crippen LogP contribution >= 0.6 is 23.4 Å². The molecule has 3 rings (SSSR count). The number of carbonyl (C=O) groups excluding carboxylic acids is 1. The van der Waals surface area contributed by atoms with E-state index in [1.165, 1.54) is 11.8 Å². The summed E-state index contributed by atoms with van der Waals surface area (Å²) in [5, 5.41) is 9.63. The van der Waals surface area contributed by atoms with Crippen molar-refractivity contribution >= 4 is 35.0 Å². The highest BCUT2D eigenvalue weighted by atomic mass is 35.5. The number of para-hydroxylation sites is 1. The second-order valence-corrected chi connectivity index (χ2v) is 7.79. The van der Waals surface area contributed by atoms with E-state index in [4.69, 9.17) is 11.6 Å². The minimum absolute atomic E-state index is 0.0461. The van der Waals surface area contributed by atoms with Gasteiger partial charge in [0.1, 0.15) is 0 Å². The first-order chi connectivity index (χ1) is 13.0. The lowest BCUT2D eigenvalue weighted by molar-refractivity contribution is -0.117. The van der Waals surface area contributed by atoms with E-state index in [0.29, 0.717) is 16.7 Å². The van der Waals surface area contributed by atoms with Crippen molar-refractivity contribution in [3.8, 4) is 11.4 Å². The van der Waals surface area contributed by atoms with Gasteiger partial charge in [0.25, 0.3) is 0 Å². The summed E-state index contributed by atoms with van der Waals surface area (Å²) in [6, 6.07) is 17.2. The molecule has 0 N–H and O–H groups in total. The summed E-state index contributed by atoms with van der Waals surface area (Å²) >= 11 is 7.36. The topological polar surface area (TPSA) is 51.0 Å². The van der Waals surface area contributed by atoms with Gasteiger partial charge in [-0.05, 0) is 50.2 Å². The van der Waals surface area contributed by atoms with Crippen molar-refractivity contribution in [3.63, 3.8) is 0 Å². The molecule has 1 heterocycles. The van der Waals surface area contributed by atoms with E-state index < -0.39 is 0 Å². The van der Waals surface area contributed by atoms with Gasteiger partial charge in [0.2, 0.25) is 5.91 Å². The highest BCUT2D eigenvalue weighted by molar-refractivity contribution is 8.00. The standard InChI is InChI=1S/C20H21ClN4OS/c1-4-25(17-8-6-5-7-9-17)19(26)14(2)27-20-23-22-18(24(20)3)15-10-12-16(21)13-11-15/h5-14H,4H2,1-3H3. The van der Waals surface area contributed by atoms with E-state index in [0.717, 1.165) is 17.1 Å². The SMILES string of the molecule is CCN(C(=O)C(C)Sc1nnc(-c2ccc(Cl)cc2)n1C)c1ccccc1. The molecule has 3 aromatic rings. The summed E-state index contributed by atoms with van der Waals surface area (Å²) in [7, 11) is 1.90.